The molecule has 0 aromatic carbocycles. The Hall–Kier alpha value is -1.95. The van der Waals surface area contributed by atoms with Gasteiger partial charge in [0.15, 0.2) is 0 Å². The minimum absolute atomic E-state index is 0.157. The Bertz CT molecular complexity index is 409. The Morgan fingerprint density at radius 2 is 2.05 bits per heavy atom. The predicted octanol–water partition coefficient (Wildman–Crippen LogP) is 0.951. The van der Waals surface area contributed by atoms with Gasteiger partial charge in [-0.15, -0.1) is 0 Å². The summed E-state index contributed by atoms with van der Waals surface area (Å²) in [6, 6.07) is 3.40. The second kappa shape index (κ2) is 8.20. The molecular formula is C13H19N3O3. The van der Waals surface area contributed by atoms with Crippen LogP contribution in [0.2, 0.25) is 0 Å². The fraction of sp³-hybridized carbons (Fsp3) is 0.462. The SMILES string of the molecule is CCOC(C)C(=O)NCCC(=O)Nc1ccncc1. The third-order valence-corrected chi connectivity index (χ3v) is 2.40. The minimum atomic E-state index is -0.492. The number of nitrogens with one attached hydrogen (secondary N) is 2. The van der Waals surface area contributed by atoms with Crippen molar-refractivity contribution >= 4 is 17.5 Å². The van der Waals surface area contributed by atoms with Crippen LogP contribution < -0.4 is 10.6 Å². The van der Waals surface area contributed by atoms with Gasteiger partial charge < -0.3 is 15.4 Å². The van der Waals surface area contributed by atoms with Gasteiger partial charge in [-0.3, -0.25) is 14.6 Å². The van der Waals surface area contributed by atoms with Crippen LogP contribution in [0.25, 0.3) is 0 Å². The Labute approximate surface area is 112 Å². The van der Waals surface area contributed by atoms with Crippen molar-refractivity contribution in [2.45, 2.75) is 26.4 Å². The summed E-state index contributed by atoms with van der Waals surface area (Å²) in [6.45, 7) is 4.27. The maximum absolute atomic E-state index is 11.6. The first-order valence-electron chi connectivity index (χ1n) is 6.22. The van der Waals surface area contributed by atoms with Crippen molar-refractivity contribution in [1.82, 2.24) is 10.3 Å². The molecule has 2 amide bonds. The van der Waals surface area contributed by atoms with Crippen LogP contribution in [0.1, 0.15) is 20.3 Å². The van der Waals surface area contributed by atoms with Crippen LogP contribution in [0.15, 0.2) is 24.5 Å². The van der Waals surface area contributed by atoms with Gasteiger partial charge in [0.1, 0.15) is 6.10 Å². The van der Waals surface area contributed by atoms with Crippen molar-refractivity contribution in [1.29, 1.82) is 0 Å². The Morgan fingerprint density at radius 1 is 1.37 bits per heavy atom. The number of hydrogen-bond donors (Lipinski definition) is 2. The molecule has 1 aromatic rings. The van der Waals surface area contributed by atoms with Gasteiger partial charge in [-0.05, 0) is 26.0 Å². The molecule has 0 aliphatic heterocycles. The van der Waals surface area contributed by atoms with Crippen molar-refractivity contribution in [3.8, 4) is 0 Å². The quantitative estimate of drug-likeness (QED) is 0.769. The van der Waals surface area contributed by atoms with Gasteiger partial charge in [0, 0.05) is 37.7 Å². The normalized spacial score (nSPS) is 11.7. The zero-order valence-electron chi connectivity index (χ0n) is 11.2. The number of carbonyl (C=O) groups excluding carboxylic acids is 2. The number of anilines is 1. The van der Waals surface area contributed by atoms with Crippen molar-refractivity contribution in [2.75, 3.05) is 18.5 Å². The average Bonchev–Trinajstić information content (AvgIpc) is 2.40. The van der Waals surface area contributed by atoms with Crippen LogP contribution in [0.4, 0.5) is 5.69 Å². The van der Waals surface area contributed by atoms with E-state index in [1.807, 2.05) is 6.92 Å². The molecule has 1 aromatic heterocycles. The highest BCUT2D eigenvalue weighted by atomic mass is 16.5. The topological polar surface area (TPSA) is 80.3 Å². The summed E-state index contributed by atoms with van der Waals surface area (Å²) >= 11 is 0. The summed E-state index contributed by atoms with van der Waals surface area (Å²) in [5.41, 5.74) is 0.689. The first kappa shape index (κ1) is 15.1. The predicted molar refractivity (Wildman–Crippen MR) is 71.6 cm³/mol. The molecule has 6 nitrogen and oxygen atoms in total. The van der Waals surface area contributed by atoms with E-state index in [9.17, 15) is 9.59 Å². The van der Waals surface area contributed by atoms with E-state index in [1.165, 1.54) is 0 Å². The lowest BCUT2D eigenvalue weighted by Gasteiger charge is -2.11. The molecule has 104 valence electrons. The zero-order chi connectivity index (χ0) is 14.1. The lowest BCUT2D eigenvalue weighted by atomic mass is 10.3. The molecule has 0 fully saturated rings. The Kier molecular flexibility index (Phi) is 6.52. The summed E-state index contributed by atoms with van der Waals surface area (Å²) in [6.07, 6.45) is 2.92. The maximum Gasteiger partial charge on any atom is 0.248 e. The lowest BCUT2D eigenvalue weighted by molar-refractivity contribution is -0.131. The summed E-state index contributed by atoms with van der Waals surface area (Å²) < 4.78 is 5.14. The molecule has 0 aliphatic carbocycles. The zero-order valence-corrected chi connectivity index (χ0v) is 11.2. The van der Waals surface area contributed by atoms with Crippen molar-refractivity contribution < 1.29 is 14.3 Å². The monoisotopic (exact) mass is 265 g/mol. The molecule has 19 heavy (non-hydrogen) atoms. The molecule has 0 saturated carbocycles. The van der Waals surface area contributed by atoms with E-state index in [0.717, 1.165) is 0 Å². The molecule has 2 N–H and O–H groups in total. The van der Waals surface area contributed by atoms with Gasteiger partial charge in [0.25, 0.3) is 0 Å². The summed E-state index contributed by atoms with van der Waals surface area (Å²) in [5.74, 6) is -0.367. The first-order chi connectivity index (χ1) is 9.13. The first-order valence-corrected chi connectivity index (χ1v) is 6.22. The van der Waals surface area contributed by atoms with Crippen molar-refractivity contribution in [2.24, 2.45) is 0 Å². The molecule has 1 heterocycles. The highest BCUT2D eigenvalue weighted by molar-refractivity contribution is 5.91. The number of carbonyl (C=O) groups is 2. The Morgan fingerprint density at radius 3 is 2.68 bits per heavy atom. The van der Waals surface area contributed by atoms with Gasteiger partial charge in [-0.2, -0.15) is 0 Å². The highest BCUT2D eigenvalue weighted by Gasteiger charge is 2.12. The van der Waals surface area contributed by atoms with Crippen LogP contribution in [0, 0.1) is 0 Å². The molecule has 1 unspecified atom stereocenters. The van der Waals surface area contributed by atoms with E-state index < -0.39 is 6.10 Å². The summed E-state index contributed by atoms with van der Waals surface area (Å²) in [7, 11) is 0. The van der Waals surface area contributed by atoms with Crippen LogP contribution >= 0.6 is 0 Å². The van der Waals surface area contributed by atoms with Crippen LogP contribution in [-0.2, 0) is 14.3 Å². The summed E-state index contributed by atoms with van der Waals surface area (Å²) in [5, 5.41) is 5.36. The fourth-order valence-corrected chi connectivity index (χ4v) is 1.43. The van der Waals surface area contributed by atoms with E-state index in [0.29, 0.717) is 12.3 Å². The van der Waals surface area contributed by atoms with E-state index in [1.54, 1.807) is 31.5 Å². The van der Waals surface area contributed by atoms with Gasteiger partial charge in [0.05, 0.1) is 0 Å². The molecule has 1 atom stereocenters. The average molecular weight is 265 g/mol. The highest BCUT2D eigenvalue weighted by Crippen LogP contribution is 2.03. The van der Waals surface area contributed by atoms with Gasteiger partial charge >= 0.3 is 0 Å². The third kappa shape index (κ3) is 5.96. The smallest absolute Gasteiger partial charge is 0.248 e. The number of ether oxygens (including phenoxy) is 1. The lowest BCUT2D eigenvalue weighted by Crippen LogP contribution is -2.36. The largest absolute Gasteiger partial charge is 0.369 e. The number of pyridine rings is 1. The van der Waals surface area contributed by atoms with E-state index in [2.05, 4.69) is 15.6 Å². The van der Waals surface area contributed by atoms with Crippen LogP contribution in [-0.4, -0.2) is 36.1 Å². The maximum atomic E-state index is 11.6. The molecule has 1 rings (SSSR count). The number of aromatic nitrogens is 1. The van der Waals surface area contributed by atoms with Gasteiger partial charge in [0.2, 0.25) is 11.8 Å². The van der Waals surface area contributed by atoms with Crippen LogP contribution in [0.5, 0.6) is 0 Å². The van der Waals surface area contributed by atoms with E-state index >= 15 is 0 Å². The minimum Gasteiger partial charge on any atom is -0.369 e. The standard InChI is InChI=1S/C13H19N3O3/c1-3-19-10(2)13(18)15-9-6-12(17)16-11-4-7-14-8-5-11/h4-5,7-8,10H,3,6,9H2,1-2H3,(H,15,18)(H,14,16,17). The Balaban J connectivity index is 2.22. The number of nitrogens with zero attached hydrogens (tertiary/aromatic N) is 1. The second-order valence-electron chi connectivity index (χ2n) is 3.92. The summed E-state index contributed by atoms with van der Waals surface area (Å²) in [4.78, 5) is 26.9. The molecule has 0 saturated heterocycles. The number of amides is 2. The fourth-order valence-electron chi connectivity index (χ4n) is 1.43. The van der Waals surface area contributed by atoms with Crippen LogP contribution in [0.3, 0.4) is 0 Å². The second-order valence-corrected chi connectivity index (χ2v) is 3.92. The molecule has 6 heteroatoms. The van der Waals surface area contributed by atoms with E-state index in [-0.39, 0.29) is 24.8 Å². The number of rotatable bonds is 7. The van der Waals surface area contributed by atoms with Gasteiger partial charge in [-0.25, -0.2) is 0 Å². The molecule has 0 spiro atoms. The van der Waals surface area contributed by atoms with Crippen molar-refractivity contribution in [3.63, 3.8) is 0 Å². The molecular weight excluding hydrogens is 246 g/mol. The molecule has 0 aliphatic rings. The molecule has 0 radical (unpaired) electrons. The van der Waals surface area contributed by atoms with E-state index in [4.69, 9.17) is 4.74 Å². The molecule has 0 bridgehead atoms. The van der Waals surface area contributed by atoms with Gasteiger partial charge in [-0.1, -0.05) is 0 Å². The third-order valence-electron chi connectivity index (χ3n) is 2.40. The van der Waals surface area contributed by atoms with Crippen molar-refractivity contribution in [3.05, 3.63) is 24.5 Å². The number of hydrogen-bond acceptors (Lipinski definition) is 4.